The van der Waals surface area contributed by atoms with Crippen molar-refractivity contribution in [1.82, 2.24) is 24.5 Å². The second-order valence-corrected chi connectivity index (χ2v) is 7.12. The van der Waals surface area contributed by atoms with Gasteiger partial charge in [0.05, 0.1) is 22.4 Å². The number of amides is 1. The highest BCUT2D eigenvalue weighted by molar-refractivity contribution is 8.00. The Bertz CT molecular complexity index is 946. The molecule has 0 bridgehead atoms. The van der Waals surface area contributed by atoms with Crippen LogP contribution in [0.15, 0.2) is 30.6 Å². The maximum Gasteiger partial charge on any atom is 0.235 e. The zero-order chi connectivity index (χ0) is 17.6. The largest absolute Gasteiger partial charge is 0.310 e. The van der Waals surface area contributed by atoms with Gasteiger partial charge in [0.25, 0.3) is 0 Å². The van der Waals surface area contributed by atoms with E-state index in [1.54, 1.807) is 22.6 Å². The molecule has 1 N–H and O–H groups in total. The molecule has 0 saturated heterocycles. The SMILES string of the molecule is Cc1nn(C)cc1[C@@H]1SCC(=O)Nc2c1c(C)nn2-c1ccccn1. The van der Waals surface area contributed by atoms with Gasteiger partial charge in [-0.1, -0.05) is 6.07 Å². The summed E-state index contributed by atoms with van der Waals surface area (Å²) in [7, 11) is 1.91. The fraction of sp³-hybridized carbons (Fsp3) is 0.294. The molecule has 128 valence electrons. The highest BCUT2D eigenvalue weighted by Crippen LogP contribution is 2.44. The normalized spacial score (nSPS) is 17.1. The Balaban J connectivity index is 1.92. The number of nitrogens with zero attached hydrogens (tertiary/aromatic N) is 5. The molecule has 0 radical (unpaired) electrons. The number of carbonyl (C=O) groups excluding carboxylic acids is 1. The lowest BCUT2D eigenvalue weighted by molar-refractivity contribution is -0.113. The molecule has 4 rings (SSSR count). The maximum absolute atomic E-state index is 12.3. The van der Waals surface area contributed by atoms with Gasteiger partial charge in [-0.05, 0) is 26.0 Å². The number of fused-ring (bicyclic) bond motifs is 1. The zero-order valence-electron chi connectivity index (χ0n) is 14.2. The van der Waals surface area contributed by atoms with Gasteiger partial charge >= 0.3 is 0 Å². The molecule has 1 aliphatic rings. The first-order chi connectivity index (χ1) is 12.0. The topological polar surface area (TPSA) is 77.6 Å². The third-order valence-corrected chi connectivity index (χ3v) is 5.46. The van der Waals surface area contributed by atoms with E-state index in [0.29, 0.717) is 17.4 Å². The van der Waals surface area contributed by atoms with Crippen molar-refractivity contribution in [2.24, 2.45) is 7.05 Å². The van der Waals surface area contributed by atoms with Crippen molar-refractivity contribution in [2.45, 2.75) is 19.1 Å². The van der Waals surface area contributed by atoms with Crippen molar-refractivity contribution >= 4 is 23.5 Å². The molecule has 25 heavy (non-hydrogen) atoms. The number of aryl methyl sites for hydroxylation is 3. The van der Waals surface area contributed by atoms with E-state index in [-0.39, 0.29) is 11.2 Å². The highest BCUT2D eigenvalue weighted by atomic mass is 32.2. The van der Waals surface area contributed by atoms with E-state index in [4.69, 9.17) is 0 Å². The van der Waals surface area contributed by atoms with Gasteiger partial charge in [-0.2, -0.15) is 14.9 Å². The molecule has 0 unspecified atom stereocenters. The predicted octanol–water partition coefficient (Wildman–Crippen LogP) is 2.39. The average molecular weight is 354 g/mol. The summed E-state index contributed by atoms with van der Waals surface area (Å²) in [5, 5.41) is 12.1. The first-order valence-electron chi connectivity index (χ1n) is 7.97. The summed E-state index contributed by atoms with van der Waals surface area (Å²) < 4.78 is 3.52. The Morgan fingerprint density at radius 1 is 1.24 bits per heavy atom. The van der Waals surface area contributed by atoms with Crippen LogP contribution in [-0.2, 0) is 11.8 Å². The minimum atomic E-state index is -0.0348. The van der Waals surface area contributed by atoms with Crippen LogP contribution in [0.4, 0.5) is 5.82 Å². The molecule has 0 spiro atoms. The molecule has 0 fully saturated rings. The van der Waals surface area contributed by atoms with E-state index in [9.17, 15) is 4.79 Å². The molecule has 0 aromatic carbocycles. The molecular formula is C17H18N6OS. The van der Waals surface area contributed by atoms with Crippen LogP contribution in [0.1, 0.15) is 27.8 Å². The molecule has 1 aliphatic heterocycles. The Kier molecular flexibility index (Phi) is 3.84. The number of thioether (sulfide) groups is 1. The van der Waals surface area contributed by atoms with Gasteiger partial charge in [-0.25, -0.2) is 4.98 Å². The van der Waals surface area contributed by atoms with Crippen molar-refractivity contribution in [3.8, 4) is 5.82 Å². The summed E-state index contributed by atoms with van der Waals surface area (Å²) in [6, 6.07) is 5.64. The Labute approximate surface area is 149 Å². The van der Waals surface area contributed by atoms with Crippen molar-refractivity contribution in [1.29, 1.82) is 0 Å². The third-order valence-electron chi connectivity index (χ3n) is 4.21. The summed E-state index contributed by atoms with van der Waals surface area (Å²) in [6.45, 7) is 3.96. The predicted molar refractivity (Wildman–Crippen MR) is 97.0 cm³/mol. The van der Waals surface area contributed by atoms with Crippen LogP contribution in [0.3, 0.4) is 0 Å². The lowest BCUT2D eigenvalue weighted by Gasteiger charge is -2.14. The fourth-order valence-corrected chi connectivity index (χ4v) is 4.40. The molecule has 0 aliphatic carbocycles. The molecule has 4 heterocycles. The number of nitrogens with one attached hydrogen (secondary N) is 1. The molecule has 3 aromatic heterocycles. The molecule has 1 atom stereocenters. The Morgan fingerprint density at radius 3 is 2.76 bits per heavy atom. The second-order valence-electron chi connectivity index (χ2n) is 6.03. The molecular weight excluding hydrogens is 336 g/mol. The van der Waals surface area contributed by atoms with Crippen LogP contribution < -0.4 is 5.32 Å². The summed E-state index contributed by atoms with van der Waals surface area (Å²) in [5.41, 5.74) is 3.96. The number of pyridine rings is 1. The third kappa shape index (κ3) is 2.72. The molecule has 3 aromatic rings. The summed E-state index contributed by atoms with van der Waals surface area (Å²) in [6.07, 6.45) is 3.74. The van der Waals surface area contributed by atoms with Crippen molar-refractivity contribution in [3.05, 3.63) is 53.1 Å². The first-order valence-corrected chi connectivity index (χ1v) is 9.02. The molecule has 7 nitrogen and oxygen atoms in total. The van der Waals surface area contributed by atoms with Crippen molar-refractivity contribution < 1.29 is 4.79 Å². The van der Waals surface area contributed by atoms with Gasteiger partial charge in [-0.3, -0.25) is 9.48 Å². The number of hydrogen-bond donors (Lipinski definition) is 1. The van der Waals surface area contributed by atoms with Gasteiger partial charge in [0, 0.05) is 30.6 Å². The molecule has 8 heteroatoms. The number of hydrogen-bond acceptors (Lipinski definition) is 5. The van der Waals surface area contributed by atoms with Gasteiger partial charge in [0.2, 0.25) is 5.91 Å². The lowest BCUT2D eigenvalue weighted by atomic mass is 10.1. The van der Waals surface area contributed by atoms with Crippen LogP contribution in [0.5, 0.6) is 0 Å². The van der Waals surface area contributed by atoms with E-state index < -0.39 is 0 Å². The number of anilines is 1. The Hall–Kier alpha value is -2.61. The second kappa shape index (κ2) is 6.03. The summed E-state index contributed by atoms with van der Waals surface area (Å²) >= 11 is 1.60. The number of carbonyl (C=O) groups is 1. The maximum atomic E-state index is 12.3. The van der Waals surface area contributed by atoms with Gasteiger partial charge < -0.3 is 5.32 Å². The number of aromatic nitrogens is 5. The monoisotopic (exact) mass is 354 g/mol. The highest BCUT2D eigenvalue weighted by Gasteiger charge is 2.32. The van der Waals surface area contributed by atoms with E-state index in [0.717, 1.165) is 22.5 Å². The zero-order valence-corrected chi connectivity index (χ0v) is 15.0. The quantitative estimate of drug-likeness (QED) is 0.765. The van der Waals surface area contributed by atoms with Crippen LogP contribution in [0.25, 0.3) is 5.82 Å². The van der Waals surface area contributed by atoms with Crippen LogP contribution >= 0.6 is 11.8 Å². The summed E-state index contributed by atoms with van der Waals surface area (Å²) in [5.74, 6) is 1.72. The smallest absolute Gasteiger partial charge is 0.235 e. The fourth-order valence-electron chi connectivity index (χ4n) is 3.15. The average Bonchev–Trinajstić information content (AvgIpc) is 3.02. The van der Waals surface area contributed by atoms with Gasteiger partial charge in [-0.15, -0.1) is 11.8 Å². The molecule has 1 amide bonds. The van der Waals surface area contributed by atoms with E-state index in [1.807, 2.05) is 50.0 Å². The van der Waals surface area contributed by atoms with E-state index >= 15 is 0 Å². The standard InChI is InChI=1S/C17H18N6OS/c1-10-12(8-22(3)20-10)16-15-11(2)21-23(13-6-4-5-7-18-13)17(15)19-14(24)9-25-16/h4-8,16H,9H2,1-3H3,(H,19,24)/t16-/m0/s1. The van der Waals surface area contributed by atoms with Crippen LogP contribution in [0, 0.1) is 13.8 Å². The van der Waals surface area contributed by atoms with Gasteiger partial charge in [0.15, 0.2) is 5.82 Å². The molecule has 0 saturated carbocycles. The van der Waals surface area contributed by atoms with E-state index in [2.05, 4.69) is 20.5 Å². The minimum absolute atomic E-state index is 0.000104. The lowest BCUT2D eigenvalue weighted by Crippen LogP contribution is -2.16. The van der Waals surface area contributed by atoms with E-state index in [1.165, 1.54) is 0 Å². The minimum Gasteiger partial charge on any atom is -0.310 e. The van der Waals surface area contributed by atoms with Gasteiger partial charge in [0.1, 0.15) is 5.82 Å². The summed E-state index contributed by atoms with van der Waals surface area (Å²) in [4.78, 5) is 16.7. The number of rotatable bonds is 2. The van der Waals surface area contributed by atoms with Crippen LogP contribution in [-0.4, -0.2) is 36.2 Å². The van der Waals surface area contributed by atoms with Crippen molar-refractivity contribution in [2.75, 3.05) is 11.1 Å². The first kappa shape index (κ1) is 15.9. The van der Waals surface area contributed by atoms with Crippen LogP contribution in [0.2, 0.25) is 0 Å². The Morgan fingerprint density at radius 2 is 2.08 bits per heavy atom. The van der Waals surface area contributed by atoms with Crippen molar-refractivity contribution in [3.63, 3.8) is 0 Å².